The quantitative estimate of drug-likeness (QED) is 0.858. The summed E-state index contributed by atoms with van der Waals surface area (Å²) in [6.45, 7) is 0.408. The van der Waals surface area contributed by atoms with Gasteiger partial charge in [-0.25, -0.2) is 0 Å². The summed E-state index contributed by atoms with van der Waals surface area (Å²) < 4.78 is 10.6. The first-order valence-corrected chi connectivity index (χ1v) is 6.84. The van der Waals surface area contributed by atoms with Crippen LogP contribution < -0.4 is 14.8 Å². The third kappa shape index (κ3) is 4.47. The molecule has 19 heavy (non-hydrogen) atoms. The van der Waals surface area contributed by atoms with E-state index in [2.05, 4.69) is 5.32 Å². The average molecular weight is 263 g/mol. The number of hydrogen-bond donors (Lipinski definition) is 1. The molecule has 1 aliphatic carbocycles. The van der Waals surface area contributed by atoms with Gasteiger partial charge in [-0.15, -0.1) is 0 Å². The van der Waals surface area contributed by atoms with Gasteiger partial charge in [0.05, 0.1) is 20.1 Å². The van der Waals surface area contributed by atoms with Crippen LogP contribution in [0.1, 0.15) is 32.1 Å². The maximum absolute atomic E-state index is 11.7. The Hall–Kier alpha value is -1.71. The van der Waals surface area contributed by atoms with Gasteiger partial charge in [-0.2, -0.15) is 0 Å². The molecular weight excluding hydrogens is 242 g/mol. The maximum Gasteiger partial charge on any atom is 0.223 e. The van der Waals surface area contributed by atoms with E-state index < -0.39 is 0 Å². The van der Waals surface area contributed by atoms with Crippen LogP contribution >= 0.6 is 0 Å². The Morgan fingerprint density at radius 1 is 1.21 bits per heavy atom. The highest BCUT2D eigenvalue weighted by molar-refractivity contribution is 5.76. The summed E-state index contributed by atoms with van der Waals surface area (Å²) >= 11 is 0. The van der Waals surface area contributed by atoms with Crippen LogP contribution in [0.3, 0.4) is 0 Å². The lowest BCUT2D eigenvalue weighted by Gasteiger charge is -2.12. The largest absolute Gasteiger partial charge is 0.497 e. The normalized spacial score (nSPS) is 15.2. The van der Waals surface area contributed by atoms with Gasteiger partial charge >= 0.3 is 0 Å². The third-order valence-electron chi connectivity index (χ3n) is 3.38. The first kappa shape index (κ1) is 13.7. The summed E-state index contributed by atoms with van der Waals surface area (Å²) in [5, 5.41) is 3.04. The van der Waals surface area contributed by atoms with E-state index in [1.165, 1.54) is 12.8 Å². The van der Waals surface area contributed by atoms with Crippen molar-refractivity contribution in [2.24, 2.45) is 0 Å². The third-order valence-corrected chi connectivity index (χ3v) is 3.38. The van der Waals surface area contributed by atoms with Crippen molar-refractivity contribution in [2.45, 2.75) is 38.1 Å². The second-order valence-corrected chi connectivity index (χ2v) is 4.82. The van der Waals surface area contributed by atoms with Gasteiger partial charge in [0.25, 0.3) is 0 Å². The van der Waals surface area contributed by atoms with Crippen LogP contribution in [0.2, 0.25) is 0 Å². The molecule has 0 heterocycles. The number of rotatable bonds is 6. The average Bonchev–Trinajstić information content (AvgIpc) is 2.92. The van der Waals surface area contributed by atoms with Crippen LogP contribution in [0.4, 0.5) is 0 Å². The van der Waals surface area contributed by atoms with Gasteiger partial charge in [0, 0.05) is 6.04 Å². The molecule has 1 aromatic rings. The van der Waals surface area contributed by atoms with Gasteiger partial charge in [0.15, 0.2) is 0 Å². The fraction of sp³-hybridized carbons (Fsp3) is 0.533. The van der Waals surface area contributed by atoms with Crippen molar-refractivity contribution in [2.75, 3.05) is 13.7 Å². The number of hydrogen-bond acceptors (Lipinski definition) is 3. The molecule has 1 fully saturated rings. The van der Waals surface area contributed by atoms with Gasteiger partial charge in [-0.05, 0) is 37.1 Å². The smallest absolute Gasteiger partial charge is 0.223 e. The van der Waals surface area contributed by atoms with Crippen molar-refractivity contribution < 1.29 is 14.3 Å². The van der Waals surface area contributed by atoms with E-state index in [4.69, 9.17) is 9.47 Å². The molecule has 0 bridgehead atoms. The standard InChI is InChI=1S/C15H21NO3/c1-18-13-6-8-14(9-7-13)19-11-10-15(17)16-12-4-2-3-5-12/h6-9,12H,2-5,10-11H2,1H3,(H,16,17). The van der Waals surface area contributed by atoms with Crippen LogP contribution in [0.5, 0.6) is 11.5 Å². The minimum atomic E-state index is 0.0837. The van der Waals surface area contributed by atoms with Gasteiger partial charge < -0.3 is 14.8 Å². The molecule has 4 nitrogen and oxygen atoms in total. The first-order valence-electron chi connectivity index (χ1n) is 6.84. The minimum absolute atomic E-state index is 0.0837. The van der Waals surface area contributed by atoms with Gasteiger partial charge in [0.2, 0.25) is 5.91 Å². The molecule has 2 rings (SSSR count). The van der Waals surface area contributed by atoms with E-state index in [9.17, 15) is 4.79 Å². The van der Waals surface area contributed by atoms with Crippen molar-refractivity contribution >= 4 is 5.91 Å². The Kier molecular flexibility index (Phi) is 5.07. The lowest BCUT2D eigenvalue weighted by atomic mass is 10.2. The zero-order valence-electron chi connectivity index (χ0n) is 11.4. The summed E-state index contributed by atoms with van der Waals surface area (Å²) in [7, 11) is 1.63. The van der Waals surface area contributed by atoms with Gasteiger partial charge in [-0.1, -0.05) is 12.8 Å². The summed E-state index contributed by atoms with van der Waals surface area (Å²) in [4.78, 5) is 11.7. The number of nitrogens with one attached hydrogen (secondary N) is 1. The zero-order chi connectivity index (χ0) is 13.5. The van der Waals surface area contributed by atoms with Crippen LogP contribution in [0, 0.1) is 0 Å². The SMILES string of the molecule is COc1ccc(OCCC(=O)NC2CCCC2)cc1. The molecule has 0 radical (unpaired) electrons. The number of benzene rings is 1. The number of amides is 1. The predicted octanol–water partition coefficient (Wildman–Crippen LogP) is 2.52. The molecule has 0 atom stereocenters. The fourth-order valence-corrected chi connectivity index (χ4v) is 2.30. The van der Waals surface area contributed by atoms with E-state index in [0.717, 1.165) is 24.3 Å². The Balaban J connectivity index is 1.65. The number of carbonyl (C=O) groups excluding carboxylic acids is 1. The number of ether oxygens (including phenoxy) is 2. The first-order chi connectivity index (χ1) is 9.28. The van der Waals surface area contributed by atoms with E-state index >= 15 is 0 Å². The summed E-state index contributed by atoms with van der Waals surface area (Å²) in [6.07, 6.45) is 5.10. The van der Waals surface area contributed by atoms with Crippen LogP contribution in [0.25, 0.3) is 0 Å². The Morgan fingerprint density at radius 3 is 2.47 bits per heavy atom. The lowest BCUT2D eigenvalue weighted by Crippen LogP contribution is -2.33. The molecule has 104 valence electrons. The van der Waals surface area contributed by atoms with Crippen molar-refractivity contribution in [3.05, 3.63) is 24.3 Å². The topological polar surface area (TPSA) is 47.6 Å². The molecule has 0 saturated heterocycles. The number of carbonyl (C=O) groups is 1. The maximum atomic E-state index is 11.7. The van der Waals surface area contributed by atoms with E-state index in [1.807, 2.05) is 24.3 Å². The summed E-state index contributed by atoms with van der Waals surface area (Å²) in [6, 6.07) is 7.75. The van der Waals surface area contributed by atoms with Crippen molar-refractivity contribution in [1.29, 1.82) is 0 Å². The highest BCUT2D eigenvalue weighted by atomic mass is 16.5. The zero-order valence-corrected chi connectivity index (χ0v) is 11.4. The van der Waals surface area contributed by atoms with E-state index in [-0.39, 0.29) is 5.91 Å². The molecule has 0 unspecified atom stereocenters. The second kappa shape index (κ2) is 7.02. The van der Waals surface area contributed by atoms with Crippen molar-refractivity contribution in [3.63, 3.8) is 0 Å². The van der Waals surface area contributed by atoms with Crippen molar-refractivity contribution in [3.8, 4) is 11.5 Å². The Morgan fingerprint density at radius 2 is 1.84 bits per heavy atom. The molecular formula is C15H21NO3. The fourth-order valence-electron chi connectivity index (χ4n) is 2.30. The summed E-state index contributed by atoms with van der Waals surface area (Å²) in [5.74, 6) is 1.64. The lowest BCUT2D eigenvalue weighted by molar-refractivity contribution is -0.122. The van der Waals surface area contributed by atoms with Gasteiger partial charge in [-0.3, -0.25) is 4.79 Å². The monoisotopic (exact) mass is 263 g/mol. The van der Waals surface area contributed by atoms with E-state index in [0.29, 0.717) is 19.1 Å². The molecule has 0 aromatic heterocycles. The van der Waals surface area contributed by atoms with Crippen LogP contribution in [-0.4, -0.2) is 25.7 Å². The Bertz CT molecular complexity index is 396. The molecule has 1 aliphatic rings. The minimum Gasteiger partial charge on any atom is -0.497 e. The number of methoxy groups -OCH3 is 1. The molecule has 4 heteroatoms. The highest BCUT2D eigenvalue weighted by Crippen LogP contribution is 2.18. The second-order valence-electron chi connectivity index (χ2n) is 4.82. The molecule has 1 aromatic carbocycles. The predicted molar refractivity (Wildman–Crippen MR) is 73.5 cm³/mol. The molecule has 1 amide bonds. The Labute approximate surface area is 114 Å². The van der Waals surface area contributed by atoms with Crippen molar-refractivity contribution in [1.82, 2.24) is 5.32 Å². The molecule has 0 spiro atoms. The van der Waals surface area contributed by atoms with Crippen LogP contribution in [0.15, 0.2) is 24.3 Å². The molecule has 1 saturated carbocycles. The molecule has 1 N–H and O–H groups in total. The van der Waals surface area contributed by atoms with Gasteiger partial charge in [0.1, 0.15) is 11.5 Å². The highest BCUT2D eigenvalue weighted by Gasteiger charge is 2.16. The van der Waals surface area contributed by atoms with Crippen LogP contribution in [-0.2, 0) is 4.79 Å². The van der Waals surface area contributed by atoms with E-state index in [1.54, 1.807) is 7.11 Å². The molecule has 0 aliphatic heterocycles. The summed E-state index contributed by atoms with van der Waals surface area (Å²) in [5.41, 5.74) is 0.